The highest BCUT2D eigenvalue weighted by Crippen LogP contribution is 2.25. The number of likely N-dealkylation sites (tertiary alicyclic amines) is 1. The number of nitrogens with zero attached hydrogens (tertiary/aromatic N) is 1. The van der Waals surface area contributed by atoms with E-state index in [0.717, 1.165) is 0 Å². The zero-order valence-electron chi connectivity index (χ0n) is 15.3. The van der Waals surface area contributed by atoms with Crippen molar-refractivity contribution in [2.75, 3.05) is 30.8 Å². The highest BCUT2D eigenvalue weighted by Gasteiger charge is 2.31. The van der Waals surface area contributed by atoms with Crippen LogP contribution >= 0.6 is 11.6 Å². The number of nitrogens with one attached hydrogen (secondary N) is 1. The lowest BCUT2D eigenvalue weighted by molar-refractivity contribution is 0.0275. The molecule has 6 nitrogen and oxygen atoms in total. The van der Waals surface area contributed by atoms with E-state index in [0.29, 0.717) is 25.2 Å². The average molecular weight is 389 g/mol. The van der Waals surface area contributed by atoms with Gasteiger partial charge in [0.05, 0.1) is 18.5 Å². The summed E-state index contributed by atoms with van der Waals surface area (Å²) in [5, 5.41) is 12.3. The molecule has 0 spiro atoms. The molecule has 0 radical (unpaired) electrons. The van der Waals surface area contributed by atoms with Crippen LogP contribution in [-0.4, -0.2) is 59.4 Å². The summed E-state index contributed by atoms with van der Waals surface area (Å²) >= 11 is 5.52. The molecule has 2 atom stereocenters. The molecule has 146 valence electrons. The predicted octanol–water partition coefficient (Wildman–Crippen LogP) is 3.23. The molecule has 1 aliphatic rings. The van der Waals surface area contributed by atoms with Gasteiger partial charge in [-0.3, -0.25) is 0 Å². The van der Waals surface area contributed by atoms with Crippen molar-refractivity contribution >= 4 is 23.4 Å². The van der Waals surface area contributed by atoms with Crippen molar-refractivity contribution in [3.05, 3.63) is 24.0 Å². The number of carbonyl (C=O) groups excluding carboxylic acids is 1. The summed E-state index contributed by atoms with van der Waals surface area (Å²) < 4.78 is 25.3. The number of anilines is 1. The van der Waals surface area contributed by atoms with Gasteiger partial charge in [-0.1, -0.05) is 0 Å². The number of rotatable bonds is 6. The fraction of sp³-hybridized carbons (Fsp3) is 0.611. The van der Waals surface area contributed by atoms with Crippen molar-refractivity contribution in [2.45, 2.75) is 45.0 Å². The summed E-state index contributed by atoms with van der Waals surface area (Å²) in [6.45, 7) is 6.54. The molecule has 0 aromatic heterocycles. The first-order valence-electron chi connectivity index (χ1n) is 8.60. The number of alkyl halides is 1. The van der Waals surface area contributed by atoms with Crippen LogP contribution in [0.15, 0.2) is 18.2 Å². The van der Waals surface area contributed by atoms with Crippen LogP contribution in [0.1, 0.15) is 27.2 Å². The van der Waals surface area contributed by atoms with E-state index in [2.05, 4.69) is 5.32 Å². The molecule has 1 amide bonds. The Morgan fingerprint density at radius 2 is 2.23 bits per heavy atom. The van der Waals surface area contributed by atoms with Gasteiger partial charge in [0.25, 0.3) is 0 Å². The normalized spacial score (nSPS) is 18.5. The average Bonchev–Trinajstić information content (AvgIpc) is 3.02. The third kappa shape index (κ3) is 6.21. The van der Waals surface area contributed by atoms with Crippen LogP contribution in [0.25, 0.3) is 0 Å². The zero-order chi connectivity index (χ0) is 19.3. The quantitative estimate of drug-likeness (QED) is 0.732. The molecular weight excluding hydrogens is 363 g/mol. The minimum Gasteiger partial charge on any atom is -0.485 e. The molecule has 1 saturated heterocycles. The van der Waals surface area contributed by atoms with Crippen molar-refractivity contribution in [1.82, 2.24) is 4.90 Å². The minimum absolute atomic E-state index is 0.104. The van der Waals surface area contributed by atoms with Crippen LogP contribution in [0.4, 0.5) is 14.9 Å². The number of amides is 1. The van der Waals surface area contributed by atoms with Crippen LogP contribution in [0.3, 0.4) is 0 Å². The number of carbonyl (C=O) groups is 1. The minimum atomic E-state index is -0.701. The topological polar surface area (TPSA) is 71.0 Å². The number of aliphatic hydroxyl groups is 1. The smallest absolute Gasteiger partial charge is 0.410 e. The first-order valence-corrected chi connectivity index (χ1v) is 9.13. The van der Waals surface area contributed by atoms with Crippen LogP contribution in [-0.2, 0) is 4.74 Å². The SMILES string of the molecule is CC(C)(C)OC(=O)N1CCC(Oc2ccc(NCC(O)CCl)cc2F)C1. The Bertz CT molecular complexity index is 624. The Hall–Kier alpha value is -1.73. The molecular formula is C18H26ClFN2O4. The Labute approximate surface area is 158 Å². The summed E-state index contributed by atoms with van der Waals surface area (Å²) in [7, 11) is 0. The lowest BCUT2D eigenvalue weighted by Crippen LogP contribution is -2.36. The van der Waals surface area contributed by atoms with E-state index in [9.17, 15) is 14.3 Å². The molecule has 0 bridgehead atoms. The van der Waals surface area contributed by atoms with Gasteiger partial charge in [0.2, 0.25) is 0 Å². The molecule has 8 heteroatoms. The maximum atomic E-state index is 14.2. The number of aliphatic hydroxyl groups excluding tert-OH is 1. The van der Waals surface area contributed by atoms with E-state index in [-0.39, 0.29) is 30.4 Å². The van der Waals surface area contributed by atoms with Gasteiger partial charge in [-0.05, 0) is 32.9 Å². The number of halogens is 2. The van der Waals surface area contributed by atoms with Crippen molar-refractivity contribution in [3.8, 4) is 5.75 Å². The third-order valence-electron chi connectivity index (χ3n) is 3.74. The van der Waals surface area contributed by atoms with E-state index >= 15 is 0 Å². The molecule has 0 aliphatic carbocycles. The van der Waals surface area contributed by atoms with Gasteiger partial charge in [0, 0.05) is 31.3 Å². The molecule has 1 aromatic rings. The maximum Gasteiger partial charge on any atom is 0.410 e. The van der Waals surface area contributed by atoms with Crippen LogP contribution in [0.5, 0.6) is 5.75 Å². The van der Waals surface area contributed by atoms with Crippen LogP contribution in [0.2, 0.25) is 0 Å². The largest absolute Gasteiger partial charge is 0.485 e. The van der Waals surface area contributed by atoms with E-state index in [1.165, 1.54) is 12.1 Å². The monoisotopic (exact) mass is 388 g/mol. The van der Waals surface area contributed by atoms with Crippen LogP contribution in [0, 0.1) is 5.82 Å². The van der Waals surface area contributed by atoms with E-state index in [4.69, 9.17) is 21.1 Å². The maximum absolute atomic E-state index is 14.2. The highest BCUT2D eigenvalue weighted by atomic mass is 35.5. The van der Waals surface area contributed by atoms with Gasteiger partial charge < -0.3 is 24.8 Å². The molecule has 1 aromatic carbocycles. The number of ether oxygens (including phenoxy) is 2. The first-order chi connectivity index (χ1) is 12.2. The van der Waals surface area contributed by atoms with Gasteiger partial charge in [-0.2, -0.15) is 0 Å². The van der Waals surface area contributed by atoms with Gasteiger partial charge in [-0.25, -0.2) is 9.18 Å². The van der Waals surface area contributed by atoms with Crippen molar-refractivity contribution in [1.29, 1.82) is 0 Å². The first kappa shape index (κ1) is 20.6. The van der Waals surface area contributed by atoms with Crippen molar-refractivity contribution in [2.24, 2.45) is 0 Å². The summed E-state index contributed by atoms with van der Waals surface area (Å²) in [5.41, 5.74) is -0.0250. The number of hydrogen-bond acceptors (Lipinski definition) is 5. The molecule has 2 unspecified atom stereocenters. The second-order valence-electron chi connectivity index (χ2n) is 7.29. The van der Waals surface area contributed by atoms with Crippen LogP contribution < -0.4 is 10.1 Å². The Morgan fingerprint density at radius 3 is 2.85 bits per heavy atom. The molecule has 1 heterocycles. The fourth-order valence-corrected chi connectivity index (χ4v) is 2.60. The Balaban J connectivity index is 1.88. The van der Waals surface area contributed by atoms with Gasteiger partial charge in [-0.15, -0.1) is 11.6 Å². The molecule has 2 N–H and O–H groups in total. The van der Waals surface area contributed by atoms with E-state index in [1.807, 2.05) is 20.8 Å². The highest BCUT2D eigenvalue weighted by molar-refractivity contribution is 6.18. The lowest BCUT2D eigenvalue weighted by atomic mass is 10.2. The Morgan fingerprint density at radius 1 is 1.50 bits per heavy atom. The van der Waals surface area contributed by atoms with Gasteiger partial charge in [0.15, 0.2) is 11.6 Å². The number of hydrogen-bond donors (Lipinski definition) is 2. The summed E-state index contributed by atoms with van der Waals surface area (Å²) in [4.78, 5) is 13.6. The zero-order valence-corrected chi connectivity index (χ0v) is 16.1. The second kappa shape index (κ2) is 8.77. The van der Waals surface area contributed by atoms with Gasteiger partial charge in [0.1, 0.15) is 11.7 Å². The van der Waals surface area contributed by atoms with E-state index < -0.39 is 17.5 Å². The third-order valence-corrected chi connectivity index (χ3v) is 4.10. The molecule has 1 aliphatic heterocycles. The number of benzene rings is 1. The summed E-state index contributed by atoms with van der Waals surface area (Å²) in [6.07, 6.45) is -0.760. The van der Waals surface area contributed by atoms with Crippen molar-refractivity contribution < 1.29 is 23.8 Å². The molecule has 2 rings (SSSR count). The fourth-order valence-electron chi connectivity index (χ4n) is 2.49. The Kier molecular flexibility index (Phi) is 6.94. The van der Waals surface area contributed by atoms with Gasteiger partial charge >= 0.3 is 6.09 Å². The van der Waals surface area contributed by atoms with E-state index in [1.54, 1.807) is 11.0 Å². The summed E-state index contributed by atoms with van der Waals surface area (Å²) in [6, 6.07) is 4.50. The predicted molar refractivity (Wildman–Crippen MR) is 98.5 cm³/mol. The standard InChI is InChI=1S/C18H26ClFN2O4/c1-18(2,3)26-17(24)22-7-6-14(11-22)25-16-5-4-12(8-15(16)20)21-10-13(23)9-19/h4-5,8,13-14,21,23H,6-7,9-11H2,1-3H3. The lowest BCUT2D eigenvalue weighted by Gasteiger charge is -2.24. The molecule has 26 heavy (non-hydrogen) atoms. The van der Waals surface area contributed by atoms with Crippen molar-refractivity contribution in [3.63, 3.8) is 0 Å². The molecule has 1 fully saturated rings. The molecule has 0 saturated carbocycles. The summed E-state index contributed by atoms with van der Waals surface area (Å²) in [5.74, 6) is -0.275. The second-order valence-corrected chi connectivity index (χ2v) is 7.60.